The van der Waals surface area contributed by atoms with E-state index >= 15 is 0 Å². The van der Waals surface area contributed by atoms with Gasteiger partial charge in [0.05, 0.1) is 0 Å². The second-order valence-corrected chi connectivity index (χ2v) is 6.20. The summed E-state index contributed by atoms with van der Waals surface area (Å²) in [4.78, 5) is 5.63. The van der Waals surface area contributed by atoms with Crippen LogP contribution in [0.1, 0.15) is 65.2 Å². The minimum atomic E-state index is 0.885. The van der Waals surface area contributed by atoms with E-state index in [1.807, 2.05) is 0 Å². The fourth-order valence-corrected chi connectivity index (χ4v) is 3.85. The second kappa shape index (κ2) is 7.49. The van der Waals surface area contributed by atoms with E-state index in [1.165, 1.54) is 77.5 Å². The van der Waals surface area contributed by atoms with Crippen LogP contribution in [-0.4, -0.2) is 48.1 Å². The molecule has 2 rings (SSSR count). The van der Waals surface area contributed by atoms with Crippen LogP contribution in [0.3, 0.4) is 0 Å². The largest absolute Gasteiger partial charge is 0.299 e. The zero-order valence-corrected chi connectivity index (χ0v) is 12.5. The molecule has 0 N–H and O–H groups in total. The molecule has 2 aliphatic rings. The van der Waals surface area contributed by atoms with E-state index in [0.29, 0.717) is 0 Å². The van der Waals surface area contributed by atoms with Crippen molar-refractivity contribution < 1.29 is 0 Å². The number of nitrogens with zero attached hydrogens (tertiary/aromatic N) is 2. The predicted molar refractivity (Wildman–Crippen MR) is 79.0 cm³/mol. The van der Waals surface area contributed by atoms with E-state index in [2.05, 4.69) is 23.6 Å². The van der Waals surface area contributed by atoms with Gasteiger partial charge in [-0.25, -0.2) is 0 Å². The topological polar surface area (TPSA) is 6.48 Å². The molecule has 106 valence electrons. The lowest BCUT2D eigenvalue weighted by Gasteiger charge is -2.49. The molecule has 0 saturated carbocycles. The molecule has 2 heteroatoms. The number of piperidine rings is 2. The molecule has 0 spiro atoms. The van der Waals surface area contributed by atoms with Gasteiger partial charge in [-0.3, -0.25) is 9.80 Å². The standard InChI is InChI=1S/C16H32N2/c1-3-5-11-17-13-7-10-16-15(17)9-8-14-18(16)12-6-4-2/h15-16H,3-14H2,1-2H3/t15-,16-/m0/s1. The Hall–Kier alpha value is -0.0800. The normalized spacial score (nSPS) is 30.3. The van der Waals surface area contributed by atoms with Gasteiger partial charge in [0, 0.05) is 12.1 Å². The van der Waals surface area contributed by atoms with Crippen molar-refractivity contribution in [1.82, 2.24) is 9.80 Å². The van der Waals surface area contributed by atoms with Crippen molar-refractivity contribution in [2.45, 2.75) is 77.3 Å². The Labute approximate surface area is 114 Å². The maximum Gasteiger partial charge on any atom is 0.0252 e. The summed E-state index contributed by atoms with van der Waals surface area (Å²) in [5, 5.41) is 0. The molecule has 0 amide bonds. The van der Waals surface area contributed by atoms with Gasteiger partial charge in [0.1, 0.15) is 0 Å². The van der Waals surface area contributed by atoms with Crippen LogP contribution >= 0.6 is 0 Å². The minimum absolute atomic E-state index is 0.885. The van der Waals surface area contributed by atoms with Gasteiger partial charge < -0.3 is 0 Å². The van der Waals surface area contributed by atoms with Gasteiger partial charge in [-0.1, -0.05) is 26.7 Å². The van der Waals surface area contributed by atoms with E-state index in [1.54, 1.807) is 0 Å². The smallest absolute Gasteiger partial charge is 0.0252 e. The van der Waals surface area contributed by atoms with E-state index < -0.39 is 0 Å². The SMILES string of the molecule is CCCCN1CCC[C@H]2[C@@H]1CCCN2CCCC. The predicted octanol–water partition coefficient (Wildman–Crippen LogP) is 3.52. The van der Waals surface area contributed by atoms with E-state index in [4.69, 9.17) is 0 Å². The molecular formula is C16H32N2. The lowest BCUT2D eigenvalue weighted by molar-refractivity contribution is 0.00529. The maximum absolute atomic E-state index is 2.82. The first-order valence-corrected chi connectivity index (χ1v) is 8.35. The van der Waals surface area contributed by atoms with Crippen molar-refractivity contribution in [3.8, 4) is 0 Å². The zero-order chi connectivity index (χ0) is 12.8. The molecule has 0 unspecified atom stereocenters. The fourth-order valence-electron chi connectivity index (χ4n) is 3.85. The van der Waals surface area contributed by atoms with Crippen molar-refractivity contribution in [2.24, 2.45) is 0 Å². The second-order valence-electron chi connectivity index (χ2n) is 6.20. The Kier molecular flexibility index (Phi) is 5.97. The van der Waals surface area contributed by atoms with Crippen LogP contribution < -0.4 is 0 Å². The lowest BCUT2D eigenvalue weighted by atomic mass is 9.87. The van der Waals surface area contributed by atoms with Gasteiger partial charge in [0.2, 0.25) is 0 Å². The summed E-state index contributed by atoms with van der Waals surface area (Å²) < 4.78 is 0. The molecule has 2 saturated heterocycles. The van der Waals surface area contributed by atoms with Gasteiger partial charge in [-0.15, -0.1) is 0 Å². The molecule has 2 fully saturated rings. The first kappa shape index (κ1) is 14.3. The highest BCUT2D eigenvalue weighted by Crippen LogP contribution is 2.30. The molecule has 2 nitrogen and oxygen atoms in total. The summed E-state index contributed by atoms with van der Waals surface area (Å²) in [6.07, 6.45) is 11.2. The Bertz CT molecular complexity index is 205. The summed E-state index contributed by atoms with van der Waals surface area (Å²) >= 11 is 0. The first-order valence-electron chi connectivity index (χ1n) is 8.35. The molecular weight excluding hydrogens is 220 g/mol. The Morgan fingerprint density at radius 3 is 1.61 bits per heavy atom. The van der Waals surface area contributed by atoms with Gasteiger partial charge in [-0.05, 0) is 64.7 Å². The van der Waals surface area contributed by atoms with Crippen LogP contribution in [0.5, 0.6) is 0 Å². The van der Waals surface area contributed by atoms with Gasteiger partial charge >= 0.3 is 0 Å². The van der Waals surface area contributed by atoms with Crippen molar-refractivity contribution in [3.63, 3.8) is 0 Å². The maximum atomic E-state index is 2.82. The first-order chi connectivity index (χ1) is 8.86. The molecule has 18 heavy (non-hydrogen) atoms. The monoisotopic (exact) mass is 252 g/mol. The zero-order valence-electron chi connectivity index (χ0n) is 12.5. The number of rotatable bonds is 6. The molecule has 0 radical (unpaired) electrons. The van der Waals surface area contributed by atoms with Crippen LogP contribution in [-0.2, 0) is 0 Å². The van der Waals surface area contributed by atoms with Crippen LogP contribution in [0.15, 0.2) is 0 Å². The third kappa shape index (κ3) is 3.48. The Morgan fingerprint density at radius 2 is 1.22 bits per heavy atom. The molecule has 0 aliphatic carbocycles. The van der Waals surface area contributed by atoms with Crippen molar-refractivity contribution in [3.05, 3.63) is 0 Å². The van der Waals surface area contributed by atoms with Crippen molar-refractivity contribution in [2.75, 3.05) is 26.2 Å². The number of fused-ring (bicyclic) bond motifs is 1. The molecule has 2 heterocycles. The summed E-state index contributed by atoms with van der Waals surface area (Å²) in [5.74, 6) is 0. The molecule has 0 aromatic heterocycles. The van der Waals surface area contributed by atoms with Crippen LogP contribution in [0.25, 0.3) is 0 Å². The van der Waals surface area contributed by atoms with Crippen molar-refractivity contribution in [1.29, 1.82) is 0 Å². The van der Waals surface area contributed by atoms with E-state index in [-0.39, 0.29) is 0 Å². The van der Waals surface area contributed by atoms with E-state index in [9.17, 15) is 0 Å². The summed E-state index contributed by atoms with van der Waals surface area (Å²) in [5.41, 5.74) is 0. The highest BCUT2D eigenvalue weighted by molar-refractivity contribution is 4.93. The summed E-state index contributed by atoms with van der Waals surface area (Å²) in [6, 6.07) is 1.77. The van der Waals surface area contributed by atoms with Crippen molar-refractivity contribution >= 4 is 0 Å². The number of likely N-dealkylation sites (tertiary alicyclic amines) is 2. The Balaban J connectivity index is 1.91. The summed E-state index contributed by atoms with van der Waals surface area (Å²) in [7, 11) is 0. The Morgan fingerprint density at radius 1 is 0.778 bits per heavy atom. The quantitative estimate of drug-likeness (QED) is 0.714. The number of hydrogen-bond donors (Lipinski definition) is 0. The average Bonchev–Trinajstić information content (AvgIpc) is 2.42. The van der Waals surface area contributed by atoms with Crippen LogP contribution in [0.2, 0.25) is 0 Å². The molecule has 0 aromatic carbocycles. The highest BCUT2D eigenvalue weighted by atomic mass is 15.3. The number of unbranched alkanes of at least 4 members (excludes halogenated alkanes) is 2. The minimum Gasteiger partial charge on any atom is -0.299 e. The number of hydrogen-bond acceptors (Lipinski definition) is 2. The third-order valence-electron chi connectivity index (χ3n) is 4.87. The van der Waals surface area contributed by atoms with Gasteiger partial charge in [-0.2, -0.15) is 0 Å². The fraction of sp³-hybridized carbons (Fsp3) is 1.00. The molecule has 0 bridgehead atoms. The average molecular weight is 252 g/mol. The van der Waals surface area contributed by atoms with Crippen LogP contribution in [0, 0.1) is 0 Å². The van der Waals surface area contributed by atoms with Gasteiger partial charge in [0.25, 0.3) is 0 Å². The van der Waals surface area contributed by atoms with Gasteiger partial charge in [0.15, 0.2) is 0 Å². The molecule has 2 atom stereocenters. The van der Waals surface area contributed by atoms with Crippen LogP contribution in [0.4, 0.5) is 0 Å². The highest BCUT2D eigenvalue weighted by Gasteiger charge is 2.36. The molecule has 2 aliphatic heterocycles. The lowest BCUT2D eigenvalue weighted by Crippen LogP contribution is -2.58. The third-order valence-corrected chi connectivity index (χ3v) is 4.87. The summed E-state index contributed by atoms with van der Waals surface area (Å²) in [6.45, 7) is 10.1. The molecule has 0 aromatic rings. The van der Waals surface area contributed by atoms with E-state index in [0.717, 1.165) is 12.1 Å².